The summed E-state index contributed by atoms with van der Waals surface area (Å²) in [5, 5.41) is 0. The van der Waals surface area contributed by atoms with E-state index >= 15 is 0 Å². The molecule has 0 amide bonds. The van der Waals surface area contributed by atoms with E-state index in [1.165, 1.54) is 16.9 Å². The molecule has 2 N–H and O–H groups in total. The zero-order valence-electron chi connectivity index (χ0n) is 10.7. The molecule has 19 heavy (non-hydrogen) atoms. The van der Waals surface area contributed by atoms with Gasteiger partial charge in [0.05, 0.1) is 4.88 Å². The molecular weight excluding hydrogens is 258 g/mol. The van der Waals surface area contributed by atoms with Gasteiger partial charge in [0.25, 0.3) is 0 Å². The number of Topliss-reactive ketones (excluding diaryl/α,β-unsaturated/α-hetero) is 1. The van der Waals surface area contributed by atoms with Gasteiger partial charge in [-0.15, -0.1) is 11.3 Å². The van der Waals surface area contributed by atoms with Crippen molar-refractivity contribution in [2.75, 3.05) is 6.54 Å². The van der Waals surface area contributed by atoms with E-state index in [0.717, 1.165) is 27.5 Å². The Hall–Kier alpha value is -1.65. The molecule has 1 aliphatic heterocycles. The normalized spacial score (nSPS) is 17.1. The molecule has 3 rings (SSSR count). The maximum Gasteiger partial charge on any atom is 0.169 e. The third-order valence-electron chi connectivity index (χ3n) is 3.31. The minimum atomic E-state index is 0.0726. The summed E-state index contributed by atoms with van der Waals surface area (Å²) in [6.07, 6.45) is 0.938. The van der Waals surface area contributed by atoms with E-state index in [9.17, 15) is 4.79 Å². The van der Waals surface area contributed by atoms with Gasteiger partial charge in [-0.2, -0.15) is 0 Å². The van der Waals surface area contributed by atoms with Crippen LogP contribution in [0.2, 0.25) is 0 Å². The quantitative estimate of drug-likeness (QED) is 0.875. The van der Waals surface area contributed by atoms with Gasteiger partial charge in [-0.3, -0.25) is 4.79 Å². The maximum absolute atomic E-state index is 11.4. The molecule has 1 aromatic heterocycles. The van der Waals surface area contributed by atoms with Crippen molar-refractivity contribution in [2.45, 2.75) is 19.4 Å². The van der Waals surface area contributed by atoms with Crippen molar-refractivity contribution in [2.24, 2.45) is 5.73 Å². The third kappa shape index (κ3) is 2.17. The molecule has 0 saturated carbocycles. The SMILES string of the molecule is CC(=O)c1ccc(-c2cccc3c2OC(CN)C3)s1. The monoisotopic (exact) mass is 273 g/mol. The van der Waals surface area contributed by atoms with Gasteiger partial charge in [-0.1, -0.05) is 12.1 Å². The van der Waals surface area contributed by atoms with Crippen LogP contribution in [0, 0.1) is 0 Å². The van der Waals surface area contributed by atoms with Crippen LogP contribution >= 0.6 is 11.3 Å². The summed E-state index contributed by atoms with van der Waals surface area (Å²) in [6, 6.07) is 10.00. The summed E-state index contributed by atoms with van der Waals surface area (Å²) in [6.45, 7) is 2.11. The van der Waals surface area contributed by atoms with Crippen LogP contribution in [0.25, 0.3) is 10.4 Å². The van der Waals surface area contributed by atoms with E-state index in [0.29, 0.717) is 6.54 Å². The number of ketones is 1. The minimum absolute atomic E-state index is 0.0726. The van der Waals surface area contributed by atoms with Crippen LogP contribution in [0.15, 0.2) is 30.3 Å². The first-order chi connectivity index (χ1) is 9.19. The van der Waals surface area contributed by atoms with Gasteiger partial charge in [0.2, 0.25) is 0 Å². The lowest BCUT2D eigenvalue weighted by molar-refractivity contribution is 0.102. The second-order valence-electron chi connectivity index (χ2n) is 4.69. The fraction of sp³-hybridized carbons (Fsp3) is 0.267. The number of carbonyl (C=O) groups excluding carboxylic acids is 1. The van der Waals surface area contributed by atoms with Gasteiger partial charge in [0.1, 0.15) is 11.9 Å². The Labute approximate surface area is 116 Å². The Morgan fingerprint density at radius 3 is 2.95 bits per heavy atom. The highest BCUT2D eigenvalue weighted by Crippen LogP contribution is 2.41. The number of thiophene rings is 1. The molecule has 4 heteroatoms. The van der Waals surface area contributed by atoms with Crippen molar-refractivity contribution in [1.29, 1.82) is 0 Å². The molecule has 0 spiro atoms. The van der Waals surface area contributed by atoms with E-state index < -0.39 is 0 Å². The van der Waals surface area contributed by atoms with Crippen LogP contribution in [-0.4, -0.2) is 18.4 Å². The molecule has 0 fully saturated rings. The molecule has 98 valence electrons. The first-order valence-electron chi connectivity index (χ1n) is 6.29. The van der Waals surface area contributed by atoms with Crippen molar-refractivity contribution in [1.82, 2.24) is 0 Å². The zero-order chi connectivity index (χ0) is 13.4. The summed E-state index contributed by atoms with van der Waals surface area (Å²) in [5.74, 6) is 1.03. The van der Waals surface area contributed by atoms with Crippen LogP contribution in [0.3, 0.4) is 0 Å². The number of carbonyl (C=O) groups is 1. The first-order valence-corrected chi connectivity index (χ1v) is 7.10. The van der Waals surface area contributed by atoms with Gasteiger partial charge < -0.3 is 10.5 Å². The van der Waals surface area contributed by atoms with Gasteiger partial charge in [-0.05, 0) is 30.7 Å². The Morgan fingerprint density at radius 1 is 1.42 bits per heavy atom. The average molecular weight is 273 g/mol. The lowest BCUT2D eigenvalue weighted by Crippen LogP contribution is -2.24. The van der Waals surface area contributed by atoms with E-state index in [-0.39, 0.29) is 11.9 Å². The van der Waals surface area contributed by atoms with E-state index in [1.54, 1.807) is 6.92 Å². The van der Waals surface area contributed by atoms with E-state index in [1.807, 2.05) is 24.3 Å². The average Bonchev–Trinajstić information content (AvgIpc) is 3.04. The Bertz CT molecular complexity index is 633. The predicted molar refractivity (Wildman–Crippen MR) is 76.9 cm³/mol. The number of rotatable bonds is 3. The molecule has 3 nitrogen and oxygen atoms in total. The first kappa shape index (κ1) is 12.4. The third-order valence-corrected chi connectivity index (χ3v) is 4.53. The summed E-state index contributed by atoms with van der Waals surface area (Å²) in [5.41, 5.74) is 7.94. The molecule has 2 aromatic rings. The number of hydrogen-bond acceptors (Lipinski definition) is 4. The highest BCUT2D eigenvalue weighted by atomic mass is 32.1. The van der Waals surface area contributed by atoms with Crippen molar-refractivity contribution < 1.29 is 9.53 Å². The molecule has 0 aliphatic carbocycles. The lowest BCUT2D eigenvalue weighted by Gasteiger charge is -2.09. The fourth-order valence-electron chi connectivity index (χ4n) is 2.34. The van der Waals surface area contributed by atoms with Gasteiger partial charge in [0, 0.05) is 23.4 Å². The molecule has 2 heterocycles. The van der Waals surface area contributed by atoms with Crippen LogP contribution < -0.4 is 10.5 Å². The maximum atomic E-state index is 11.4. The Morgan fingerprint density at radius 2 is 2.26 bits per heavy atom. The van der Waals surface area contributed by atoms with E-state index in [2.05, 4.69) is 6.07 Å². The highest BCUT2D eigenvalue weighted by molar-refractivity contribution is 7.17. The van der Waals surface area contributed by atoms with Crippen LogP contribution in [0.5, 0.6) is 5.75 Å². The Kier molecular flexibility index (Phi) is 3.12. The molecule has 1 aliphatic rings. The Balaban J connectivity index is 2.02. The van der Waals surface area contributed by atoms with Gasteiger partial charge in [-0.25, -0.2) is 0 Å². The molecule has 1 atom stereocenters. The van der Waals surface area contributed by atoms with Crippen LogP contribution in [-0.2, 0) is 6.42 Å². The zero-order valence-corrected chi connectivity index (χ0v) is 11.5. The summed E-state index contributed by atoms with van der Waals surface area (Å²) in [4.78, 5) is 13.2. The van der Waals surface area contributed by atoms with Crippen molar-refractivity contribution >= 4 is 17.1 Å². The van der Waals surface area contributed by atoms with Crippen molar-refractivity contribution in [3.8, 4) is 16.2 Å². The topological polar surface area (TPSA) is 52.3 Å². The largest absolute Gasteiger partial charge is 0.488 e. The molecule has 0 radical (unpaired) electrons. The van der Waals surface area contributed by atoms with Gasteiger partial charge in [0.15, 0.2) is 5.78 Å². The number of ether oxygens (including phenoxy) is 1. The van der Waals surface area contributed by atoms with Crippen LogP contribution in [0.4, 0.5) is 0 Å². The van der Waals surface area contributed by atoms with Crippen LogP contribution in [0.1, 0.15) is 22.2 Å². The molecule has 1 unspecified atom stereocenters. The minimum Gasteiger partial charge on any atom is -0.488 e. The molecular formula is C15H15NO2S. The summed E-state index contributed by atoms with van der Waals surface area (Å²) in [7, 11) is 0. The number of fused-ring (bicyclic) bond motifs is 1. The molecule has 1 aromatic carbocycles. The van der Waals surface area contributed by atoms with Gasteiger partial charge >= 0.3 is 0 Å². The molecule has 0 bridgehead atoms. The number of benzene rings is 1. The highest BCUT2D eigenvalue weighted by Gasteiger charge is 2.25. The second-order valence-corrected chi connectivity index (χ2v) is 5.78. The van der Waals surface area contributed by atoms with Crippen molar-refractivity contribution in [3.63, 3.8) is 0 Å². The fourth-order valence-corrected chi connectivity index (χ4v) is 3.26. The lowest BCUT2D eigenvalue weighted by atomic mass is 10.1. The predicted octanol–water partition coefficient (Wildman–Crippen LogP) is 2.88. The number of para-hydroxylation sites is 1. The number of nitrogens with two attached hydrogens (primary N) is 1. The summed E-state index contributed by atoms with van der Waals surface area (Å²) < 4.78 is 5.91. The van der Waals surface area contributed by atoms with Crippen molar-refractivity contribution in [3.05, 3.63) is 40.8 Å². The molecule has 0 saturated heterocycles. The smallest absolute Gasteiger partial charge is 0.169 e. The standard InChI is InChI=1S/C15H15NO2S/c1-9(17)13-5-6-14(19-13)12-4-2-3-10-7-11(8-16)18-15(10)12/h2-6,11H,7-8,16H2,1H3. The second kappa shape index (κ2) is 4.79. The summed E-state index contributed by atoms with van der Waals surface area (Å²) >= 11 is 1.51. The number of hydrogen-bond donors (Lipinski definition) is 1. The van der Waals surface area contributed by atoms with E-state index in [4.69, 9.17) is 10.5 Å².